The van der Waals surface area contributed by atoms with Gasteiger partial charge in [0.15, 0.2) is 0 Å². The predicted molar refractivity (Wildman–Crippen MR) is 51.3 cm³/mol. The zero-order valence-corrected chi connectivity index (χ0v) is 8.21. The third-order valence-electron chi connectivity index (χ3n) is 1.58. The fourth-order valence-corrected chi connectivity index (χ4v) is 0.900. The monoisotopic (exact) mass is 170 g/mol. The molecule has 70 valence electrons. The summed E-state index contributed by atoms with van der Waals surface area (Å²) in [4.78, 5) is 16.6. The summed E-state index contributed by atoms with van der Waals surface area (Å²) >= 11 is 0. The summed E-state index contributed by atoms with van der Waals surface area (Å²) in [5.74, 6) is 0.170. The molecule has 3 nitrogen and oxygen atoms in total. The van der Waals surface area contributed by atoms with Crippen molar-refractivity contribution in [1.82, 2.24) is 4.90 Å². The van der Waals surface area contributed by atoms with Crippen molar-refractivity contribution in [2.45, 2.75) is 33.1 Å². The second kappa shape index (κ2) is 6.83. The molecule has 1 rings (SSSR count). The Morgan fingerprint density at radius 3 is 2.75 bits per heavy atom. The van der Waals surface area contributed by atoms with E-state index in [1.807, 2.05) is 13.8 Å². The van der Waals surface area contributed by atoms with E-state index in [4.69, 9.17) is 0 Å². The van der Waals surface area contributed by atoms with Gasteiger partial charge in [-0.05, 0) is 12.8 Å². The molecule has 0 atom stereocenters. The predicted octanol–water partition coefficient (Wildman–Crippen LogP) is 1.68. The first-order valence-corrected chi connectivity index (χ1v) is 4.56. The molecule has 0 fully saturated rings. The van der Waals surface area contributed by atoms with E-state index < -0.39 is 0 Å². The Balaban J connectivity index is 0.000000561. The van der Waals surface area contributed by atoms with Crippen LogP contribution in [0.1, 0.15) is 33.1 Å². The van der Waals surface area contributed by atoms with Crippen molar-refractivity contribution >= 4 is 12.2 Å². The molecular weight excluding hydrogens is 152 g/mol. The molecule has 0 aromatic heterocycles. The fraction of sp³-hybridized carbons (Fsp3) is 0.778. The van der Waals surface area contributed by atoms with Crippen LogP contribution in [0.2, 0.25) is 0 Å². The van der Waals surface area contributed by atoms with Gasteiger partial charge in [-0.3, -0.25) is 9.79 Å². The molecule has 3 heteroatoms. The van der Waals surface area contributed by atoms with Gasteiger partial charge in [0.25, 0.3) is 0 Å². The van der Waals surface area contributed by atoms with Crippen LogP contribution in [0.5, 0.6) is 0 Å². The number of carbonyl (C=O) groups is 1. The SMILES string of the molecule is CC.CN1C=NCCCCC1=O. The first-order valence-electron chi connectivity index (χ1n) is 4.56. The topological polar surface area (TPSA) is 32.7 Å². The summed E-state index contributed by atoms with van der Waals surface area (Å²) in [6.45, 7) is 4.86. The molecule has 1 aliphatic heterocycles. The highest BCUT2D eigenvalue weighted by atomic mass is 16.2. The molecule has 1 amide bonds. The average Bonchev–Trinajstić information content (AvgIpc) is 2.11. The van der Waals surface area contributed by atoms with Gasteiger partial charge in [-0.15, -0.1) is 0 Å². The lowest BCUT2D eigenvalue weighted by molar-refractivity contribution is -0.126. The summed E-state index contributed by atoms with van der Waals surface area (Å²) in [6.07, 6.45) is 4.29. The standard InChI is InChI=1S/C7H12N2O.C2H6/c1-9-6-8-5-3-2-4-7(9)10;1-2/h6H,2-5H2,1H3;1-2H3. The minimum Gasteiger partial charge on any atom is -0.306 e. The molecular formula is C9H18N2O. The van der Waals surface area contributed by atoms with E-state index >= 15 is 0 Å². The van der Waals surface area contributed by atoms with Gasteiger partial charge in [-0.1, -0.05) is 13.8 Å². The summed E-state index contributed by atoms with van der Waals surface area (Å²) in [5.41, 5.74) is 0. The summed E-state index contributed by atoms with van der Waals surface area (Å²) in [5, 5.41) is 0. The Kier molecular flexibility index (Phi) is 6.34. The molecule has 0 saturated heterocycles. The maximum absolute atomic E-state index is 11.0. The molecule has 0 saturated carbocycles. The Morgan fingerprint density at radius 2 is 2.08 bits per heavy atom. The van der Waals surface area contributed by atoms with Crippen LogP contribution in [-0.2, 0) is 4.79 Å². The highest BCUT2D eigenvalue weighted by Gasteiger charge is 2.06. The van der Waals surface area contributed by atoms with Crippen LogP contribution in [-0.4, -0.2) is 30.7 Å². The van der Waals surface area contributed by atoms with E-state index in [0.29, 0.717) is 6.42 Å². The quantitative estimate of drug-likeness (QED) is 0.544. The number of nitrogens with zero attached hydrogens (tertiary/aromatic N) is 2. The third kappa shape index (κ3) is 4.11. The van der Waals surface area contributed by atoms with Crippen molar-refractivity contribution in [3.8, 4) is 0 Å². The van der Waals surface area contributed by atoms with Crippen LogP contribution in [0, 0.1) is 0 Å². The maximum atomic E-state index is 11.0. The van der Waals surface area contributed by atoms with Crippen LogP contribution >= 0.6 is 0 Å². The Morgan fingerprint density at radius 1 is 1.42 bits per heavy atom. The van der Waals surface area contributed by atoms with Crippen molar-refractivity contribution in [2.24, 2.45) is 4.99 Å². The Hall–Kier alpha value is -0.860. The number of aliphatic imine (C=N–C) groups is 1. The van der Waals surface area contributed by atoms with Crippen LogP contribution in [0.25, 0.3) is 0 Å². The van der Waals surface area contributed by atoms with Crippen molar-refractivity contribution in [3.05, 3.63) is 0 Å². The lowest BCUT2D eigenvalue weighted by Gasteiger charge is -2.12. The van der Waals surface area contributed by atoms with Crippen LogP contribution in [0.4, 0.5) is 0 Å². The van der Waals surface area contributed by atoms with Gasteiger partial charge >= 0.3 is 0 Å². The molecule has 1 aliphatic rings. The number of carbonyl (C=O) groups excluding carboxylic acids is 1. The number of rotatable bonds is 0. The first-order chi connectivity index (χ1) is 5.80. The van der Waals surface area contributed by atoms with Crippen LogP contribution < -0.4 is 0 Å². The zero-order valence-electron chi connectivity index (χ0n) is 8.21. The second-order valence-corrected chi connectivity index (χ2v) is 2.48. The van der Waals surface area contributed by atoms with Crippen LogP contribution in [0.15, 0.2) is 4.99 Å². The second-order valence-electron chi connectivity index (χ2n) is 2.48. The van der Waals surface area contributed by atoms with Gasteiger partial charge in [0.05, 0.1) is 6.34 Å². The molecule has 12 heavy (non-hydrogen) atoms. The summed E-state index contributed by atoms with van der Waals surface area (Å²) in [6, 6.07) is 0. The highest BCUT2D eigenvalue weighted by Crippen LogP contribution is 2.01. The van der Waals surface area contributed by atoms with E-state index in [0.717, 1.165) is 19.4 Å². The average molecular weight is 170 g/mol. The van der Waals surface area contributed by atoms with Gasteiger partial charge in [-0.2, -0.15) is 0 Å². The lowest BCUT2D eigenvalue weighted by atomic mass is 10.2. The van der Waals surface area contributed by atoms with Crippen molar-refractivity contribution < 1.29 is 4.79 Å². The Bertz CT molecular complexity index is 155. The largest absolute Gasteiger partial charge is 0.306 e. The van der Waals surface area contributed by atoms with E-state index in [1.165, 1.54) is 0 Å². The lowest BCUT2D eigenvalue weighted by Crippen LogP contribution is -2.25. The number of amides is 1. The highest BCUT2D eigenvalue weighted by molar-refractivity contribution is 5.87. The minimum atomic E-state index is 0.170. The van der Waals surface area contributed by atoms with Crippen molar-refractivity contribution in [3.63, 3.8) is 0 Å². The number of hydrogen-bond acceptors (Lipinski definition) is 2. The molecule has 1 heterocycles. The molecule has 0 N–H and O–H groups in total. The van der Waals surface area contributed by atoms with E-state index in [1.54, 1.807) is 18.3 Å². The molecule has 0 aromatic carbocycles. The molecule has 0 bridgehead atoms. The molecule has 0 spiro atoms. The smallest absolute Gasteiger partial charge is 0.227 e. The Labute approximate surface area is 74.5 Å². The fourth-order valence-electron chi connectivity index (χ4n) is 0.900. The first kappa shape index (κ1) is 11.1. The maximum Gasteiger partial charge on any atom is 0.227 e. The summed E-state index contributed by atoms with van der Waals surface area (Å²) < 4.78 is 0. The minimum absolute atomic E-state index is 0.170. The van der Waals surface area contributed by atoms with Gasteiger partial charge in [-0.25, -0.2) is 0 Å². The van der Waals surface area contributed by atoms with Crippen LogP contribution in [0.3, 0.4) is 0 Å². The van der Waals surface area contributed by atoms with Gasteiger partial charge in [0.2, 0.25) is 5.91 Å². The molecule has 0 aromatic rings. The molecule has 0 aliphatic carbocycles. The van der Waals surface area contributed by atoms with E-state index in [9.17, 15) is 4.79 Å². The molecule has 0 unspecified atom stereocenters. The number of hydrogen-bond donors (Lipinski definition) is 0. The van der Waals surface area contributed by atoms with Gasteiger partial charge < -0.3 is 4.90 Å². The van der Waals surface area contributed by atoms with E-state index in [2.05, 4.69) is 4.99 Å². The van der Waals surface area contributed by atoms with Gasteiger partial charge in [0.1, 0.15) is 0 Å². The van der Waals surface area contributed by atoms with E-state index in [-0.39, 0.29) is 5.91 Å². The van der Waals surface area contributed by atoms with Crippen molar-refractivity contribution in [1.29, 1.82) is 0 Å². The van der Waals surface area contributed by atoms with Crippen molar-refractivity contribution in [2.75, 3.05) is 13.6 Å². The zero-order chi connectivity index (χ0) is 9.40. The van der Waals surface area contributed by atoms with Gasteiger partial charge in [0, 0.05) is 20.0 Å². The third-order valence-corrected chi connectivity index (χ3v) is 1.58. The summed E-state index contributed by atoms with van der Waals surface area (Å²) in [7, 11) is 1.75. The normalized spacial score (nSPS) is 17.6. The molecule has 0 radical (unpaired) electrons.